The molecule has 0 bridgehead atoms. The van der Waals surface area contributed by atoms with Gasteiger partial charge in [0.05, 0.1) is 18.6 Å². The molecule has 0 fully saturated rings. The fraction of sp³-hybridized carbons (Fsp3) is 0.111. The van der Waals surface area contributed by atoms with Crippen LogP contribution in [-0.2, 0) is 6.54 Å². The Hall–Kier alpha value is -3.39. The molecule has 0 aliphatic heterocycles. The highest BCUT2D eigenvalue weighted by Crippen LogP contribution is 2.26. The van der Waals surface area contributed by atoms with Crippen LogP contribution in [0.3, 0.4) is 0 Å². The second-order valence-electron chi connectivity index (χ2n) is 5.52. The van der Waals surface area contributed by atoms with Gasteiger partial charge in [0.25, 0.3) is 11.6 Å². The number of nitro benzene ring substituents is 1. The Morgan fingerprint density at radius 1 is 1.30 bits per heavy atom. The van der Waals surface area contributed by atoms with E-state index >= 15 is 0 Å². The smallest absolute Gasteiger partial charge is 0.288 e. The molecular weight excluding hydrogens is 374 g/mol. The normalized spacial score (nSPS) is 10.4. The van der Waals surface area contributed by atoms with Gasteiger partial charge < -0.3 is 14.6 Å². The van der Waals surface area contributed by atoms with Crippen LogP contribution in [0.4, 0.5) is 5.69 Å². The average molecular weight is 388 g/mol. The Bertz CT molecular complexity index is 1000. The summed E-state index contributed by atoms with van der Waals surface area (Å²) in [6.07, 6.45) is 0. The van der Waals surface area contributed by atoms with E-state index in [1.165, 1.54) is 12.1 Å². The van der Waals surface area contributed by atoms with Crippen molar-refractivity contribution in [1.82, 2.24) is 10.5 Å². The van der Waals surface area contributed by atoms with Crippen LogP contribution in [0, 0.1) is 10.1 Å². The molecule has 1 heterocycles. The van der Waals surface area contributed by atoms with E-state index in [1.807, 2.05) is 18.2 Å². The second kappa shape index (κ2) is 7.88. The van der Waals surface area contributed by atoms with Crippen LogP contribution in [0.15, 0.2) is 53.1 Å². The maximum atomic E-state index is 12.2. The monoisotopic (exact) mass is 387 g/mol. The number of amides is 1. The summed E-state index contributed by atoms with van der Waals surface area (Å²) in [7, 11) is 1.57. The predicted octanol–water partition coefficient (Wildman–Crippen LogP) is 3.84. The van der Waals surface area contributed by atoms with Crippen molar-refractivity contribution in [2.45, 2.75) is 6.54 Å². The third-order valence-corrected chi connectivity index (χ3v) is 4.07. The number of carbonyl (C=O) groups excluding carboxylic acids is 1. The Kier molecular flexibility index (Phi) is 5.37. The Morgan fingerprint density at radius 3 is 2.85 bits per heavy atom. The van der Waals surface area contributed by atoms with Gasteiger partial charge in [-0.3, -0.25) is 14.9 Å². The van der Waals surface area contributed by atoms with Crippen LogP contribution in [0.2, 0.25) is 5.02 Å². The molecule has 9 heteroatoms. The first-order valence-corrected chi connectivity index (χ1v) is 8.18. The first kappa shape index (κ1) is 18.4. The van der Waals surface area contributed by atoms with Gasteiger partial charge in [-0.15, -0.1) is 0 Å². The molecule has 0 atom stereocenters. The number of aromatic nitrogens is 1. The van der Waals surface area contributed by atoms with Crippen LogP contribution >= 0.6 is 11.6 Å². The summed E-state index contributed by atoms with van der Waals surface area (Å²) < 4.78 is 10.5. The largest absolute Gasteiger partial charge is 0.497 e. The van der Waals surface area contributed by atoms with Crippen molar-refractivity contribution >= 4 is 23.2 Å². The summed E-state index contributed by atoms with van der Waals surface area (Å²) in [5.41, 5.74) is 1.09. The van der Waals surface area contributed by atoms with Crippen LogP contribution in [0.5, 0.6) is 5.75 Å². The minimum absolute atomic E-state index is 0.0315. The zero-order chi connectivity index (χ0) is 19.4. The molecule has 0 aliphatic carbocycles. The van der Waals surface area contributed by atoms with Crippen molar-refractivity contribution in [3.05, 3.63) is 74.9 Å². The third kappa shape index (κ3) is 4.24. The van der Waals surface area contributed by atoms with E-state index in [9.17, 15) is 14.9 Å². The molecule has 1 N–H and O–H groups in total. The zero-order valence-electron chi connectivity index (χ0n) is 14.1. The number of hydrogen-bond acceptors (Lipinski definition) is 6. The molecule has 0 saturated heterocycles. The number of nitrogens with zero attached hydrogens (tertiary/aromatic N) is 2. The highest BCUT2D eigenvalue weighted by molar-refractivity contribution is 6.32. The lowest BCUT2D eigenvalue weighted by Gasteiger charge is -2.03. The van der Waals surface area contributed by atoms with E-state index < -0.39 is 10.8 Å². The van der Waals surface area contributed by atoms with Gasteiger partial charge in [-0.1, -0.05) is 28.9 Å². The van der Waals surface area contributed by atoms with E-state index in [1.54, 1.807) is 19.2 Å². The maximum absolute atomic E-state index is 12.2. The second-order valence-corrected chi connectivity index (χ2v) is 5.93. The van der Waals surface area contributed by atoms with Crippen LogP contribution in [-0.4, -0.2) is 23.1 Å². The first-order chi connectivity index (χ1) is 13.0. The molecular formula is C18H14ClN3O5. The maximum Gasteiger partial charge on any atom is 0.288 e. The highest BCUT2D eigenvalue weighted by atomic mass is 35.5. The number of benzene rings is 2. The van der Waals surface area contributed by atoms with Gasteiger partial charge >= 0.3 is 0 Å². The molecule has 1 aromatic heterocycles. The lowest BCUT2D eigenvalue weighted by molar-refractivity contribution is -0.384. The number of methoxy groups -OCH3 is 1. The summed E-state index contributed by atoms with van der Waals surface area (Å²) in [4.78, 5) is 22.5. The van der Waals surface area contributed by atoms with Gasteiger partial charge in [-0.2, -0.15) is 0 Å². The van der Waals surface area contributed by atoms with Crippen molar-refractivity contribution in [2.24, 2.45) is 0 Å². The number of hydrogen-bond donors (Lipinski definition) is 1. The Balaban J connectivity index is 1.69. The van der Waals surface area contributed by atoms with E-state index in [-0.39, 0.29) is 22.8 Å². The van der Waals surface area contributed by atoms with Gasteiger partial charge in [0.2, 0.25) is 0 Å². The lowest BCUT2D eigenvalue weighted by Crippen LogP contribution is -2.23. The molecule has 1 amide bonds. The molecule has 0 saturated carbocycles. The van der Waals surface area contributed by atoms with Gasteiger partial charge in [-0.25, -0.2) is 0 Å². The number of rotatable bonds is 6. The minimum Gasteiger partial charge on any atom is -0.497 e. The summed E-state index contributed by atoms with van der Waals surface area (Å²) in [6, 6.07) is 12.8. The summed E-state index contributed by atoms with van der Waals surface area (Å²) in [5, 5.41) is 17.4. The standard InChI is InChI=1S/C18H14ClN3O5/c1-26-14-4-2-3-11(7-14)17-9-13(21-27-17)10-20-18(23)12-5-6-15(19)16(8-12)22(24)25/h2-9H,10H2,1H3,(H,20,23). The summed E-state index contributed by atoms with van der Waals surface area (Å²) in [6.45, 7) is 0.0999. The Labute approximate surface area is 158 Å². The molecule has 0 radical (unpaired) electrons. The molecule has 3 aromatic rings. The SMILES string of the molecule is COc1cccc(-c2cc(CNC(=O)c3ccc(Cl)c([N+](=O)[O-])c3)no2)c1. The first-order valence-electron chi connectivity index (χ1n) is 7.80. The van der Waals surface area contributed by atoms with Crippen molar-refractivity contribution in [3.8, 4) is 17.1 Å². The highest BCUT2D eigenvalue weighted by Gasteiger charge is 2.16. The fourth-order valence-corrected chi connectivity index (χ4v) is 2.56. The molecule has 0 spiro atoms. The molecule has 3 rings (SSSR count). The van der Waals surface area contributed by atoms with Crippen molar-refractivity contribution in [2.75, 3.05) is 7.11 Å². The number of ether oxygens (including phenoxy) is 1. The number of nitrogens with one attached hydrogen (secondary N) is 1. The van der Waals surface area contributed by atoms with E-state index in [0.717, 1.165) is 11.6 Å². The van der Waals surface area contributed by atoms with Crippen molar-refractivity contribution < 1.29 is 19.0 Å². The summed E-state index contributed by atoms with van der Waals surface area (Å²) in [5.74, 6) is 0.726. The number of halogens is 1. The van der Waals surface area contributed by atoms with Crippen LogP contribution in [0.25, 0.3) is 11.3 Å². The van der Waals surface area contributed by atoms with Crippen LogP contribution < -0.4 is 10.1 Å². The molecule has 0 aliphatic rings. The molecule has 8 nitrogen and oxygen atoms in total. The van der Waals surface area contributed by atoms with Gasteiger partial charge in [-0.05, 0) is 24.3 Å². The van der Waals surface area contributed by atoms with Crippen molar-refractivity contribution in [1.29, 1.82) is 0 Å². The number of nitro groups is 1. The van der Waals surface area contributed by atoms with E-state index in [4.69, 9.17) is 20.9 Å². The van der Waals surface area contributed by atoms with Crippen LogP contribution in [0.1, 0.15) is 16.1 Å². The van der Waals surface area contributed by atoms with Gasteiger partial charge in [0.1, 0.15) is 16.5 Å². The molecule has 27 heavy (non-hydrogen) atoms. The quantitative estimate of drug-likeness (QED) is 0.508. The van der Waals surface area contributed by atoms with Gasteiger partial charge in [0.15, 0.2) is 5.76 Å². The fourth-order valence-electron chi connectivity index (χ4n) is 2.37. The average Bonchev–Trinajstić information content (AvgIpc) is 3.15. The molecule has 0 unspecified atom stereocenters. The van der Waals surface area contributed by atoms with E-state index in [0.29, 0.717) is 17.2 Å². The van der Waals surface area contributed by atoms with Gasteiger partial charge in [0, 0.05) is 23.3 Å². The zero-order valence-corrected chi connectivity index (χ0v) is 14.9. The molecule has 2 aromatic carbocycles. The Morgan fingerprint density at radius 2 is 2.11 bits per heavy atom. The number of carbonyl (C=O) groups is 1. The topological polar surface area (TPSA) is 108 Å². The third-order valence-electron chi connectivity index (χ3n) is 3.75. The summed E-state index contributed by atoms with van der Waals surface area (Å²) >= 11 is 5.75. The predicted molar refractivity (Wildman–Crippen MR) is 97.8 cm³/mol. The van der Waals surface area contributed by atoms with E-state index in [2.05, 4.69) is 10.5 Å². The van der Waals surface area contributed by atoms with Crippen molar-refractivity contribution in [3.63, 3.8) is 0 Å². The lowest BCUT2D eigenvalue weighted by atomic mass is 10.1. The minimum atomic E-state index is -0.642. The molecule has 138 valence electrons.